The smallest absolute Gasteiger partial charge is 0.328 e. The van der Waals surface area contributed by atoms with Gasteiger partial charge in [0.05, 0.1) is 25.2 Å². The zero-order valence-electron chi connectivity index (χ0n) is 11.8. The van der Waals surface area contributed by atoms with Gasteiger partial charge in [-0.25, -0.2) is 4.79 Å². The maximum absolute atomic E-state index is 11.9. The second kappa shape index (κ2) is 7.29. The fraction of sp³-hybridized carbons (Fsp3) is 0.400. The Morgan fingerprint density at radius 2 is 1.90 bits per heavy atom. The molecule has 0 radical (unpaired) electrons. The highest BCUT2D eigenvalue weighted by atomic mass is 16.5. The molecule has 1 unspecified atom stereocenters. The lowest BCUT2D eigenvalue weighted by atomic mass is 10.0. The van der Waals surface area contributed by atoms with Gasteiger partial charge in [0.1, 0.15) is 6.04 Å². The van der Waals surface area contributed by atoms with Gasteiger partial charge in [-0.2, -0.15) is 5.26 Å². The fourth-order valence-electron chi connectivity index (χ4n) is 1.73. The number of esters is 1. The lowest BCUT2D eigenvalue weighted by Gasteiger charge is -2.19. The van der Waals surface area contributed by atoms with Crippen molar-refractivity contribution in [2.75, 3.05) is 7.11 Å². The molecule has 0 bridgehead atoms. The van der Waals surface area contributed by atoms with Gasteiger partial charge < -0.3 is 10.1 Å². The first kappa shape index (κ1) is 15.7. The van der Waals surface area contributed by atoms with E-state index in [1.807, 2.05) is 19.9 Å². The number of amides is 1. The standard InChI is InChI=1S/C15H18N2O3/c1-10(2)14(15(19)20-3)17-13(18)8-11-4-6-12(9-16)7-5-11/h4-7,10,14H,8H2,1-3H3,(H,17,18). The zero-order chi connectivity index (χ0) is 15.1. The number of nitrogens with one attached hydrogen (secondary N) is 1. The van der Waals surface area contributed by atoms with E-state index in [2.05, 4.69) is 10.1 Å². The molecule has 0 spiro atoms. The van der Waals surface area contributed by atoms with E-state index in [9.17, 15) is 9.59 Å². The first-order valence-corrected chi connectivity index (χ1v) is 6.34. The largest absolute Gasteiger partial charge is 0.467 e. The summed E-state index contributed by atoms with van der Waals surface area (Å²) in [4.78, 5) is 23.5. The normalized spacial score (nSPS) is 11.6. The third-order valence-electron chi connectivity index (χ3n) is 2.89. The van der Waals surface area contributed by atoms with E-state index >= 15 is 0 Å². The van der Waals surface area contributed by atoms with Crippen LogP contribution < -0.4 is 5.32 Å². The van der Waals surface area contributed by atoms with Crippen LogP contribution in [0.3, 0.4) is 0 Å². The third-order valence-corrected chi connectivity index (χ3v) is 2.89. The number of carbonyl (C=O) groups excluding carboxylic acids is 2. The minimum atomic E-state index is -0.647. The van der Waals surface area contributed by atoms with Gasteiger partial charge in [-0.3, -0.25) is 4.79 Å². The van der Waals surface area contributed by atoms with Crippen LogP contribution in [0.25, 0.3) is 0 Å². The topological polar surface area (TPSA) is 79.2 Å². The molecule has 0 aliphatic heterocycles. The molecule has 5 nitrogen and oxygen atoms in total. The first-order valence-electron chi connectivity index (χ1n) is 6.34. The van der Waals surface area contributed by atoms with E-state index in [1.54, 1.807) is 24.3 Å². The van der Waals surface area contributed by atoms with Crippen LogP contribution in [-0.2, 0) is 20.7 Å². The lowest BCUT2D eigenvalue weighted by Crippen LogP contribution is -2.45. The van der Waals surface area contributed by atoms with E-state index in [4.69, 9.17) is 5.26 Å². The second-order valence-corrected chi connectivity index (χ2v) is 4.80. The molecule has 1 amide bonds. The van der Waals surface area contributed by atoms with E-state index in [0.29, 0.717) is 5.56 Å². The predicted octanol–water partition coefficient (Wildman–Crippen LogP) is 1.41. The van der Waals surface area contributed by atoms with Gasteiger partial charge in [-0.15, -0.1) is 0 Å². The quantitative estimate of drug-likeness (QED) is 0.823. The van der Waals surface area contributed by atoms with Gasteiger partial charge in [0.15, 0.2) is 0 Å². The average molecular weight is 274 g/mol. The highest BCUT2D eigenvalue weighted by Crippen LogP contribution is 2.07. The maximum Gasteiger partial charge on any atom is 0.328 e. The molecule has 1 rings (SSSR count). The summed E-state index contributed by atoms with van der Waals surface area (Å²) in [5.74, 6) is -0.751. The summed E-state index contributed by atoms with van der Waals surface area (Å²) in [6, 6.07) is 8.13. The second-order valence-electron chi connectivity index (χ2n) is 4.80. The number of nitrogens with zero attached hydrogens (tertiary/aromatic N) is 1. The molecule has 0 saturated heterocycles. The van der Waals surface area contributed by atoms with Crippen molar-refractivity contribution in [3.63, 3.8) is 0 Å². The average Bonchev–Trinajstić information content (AvgIpc) is 2.44. The summed E-state index contributed by atoms with van der Waals surface area (Å²) < 4.78 is 4.67. The van der Waals surface area contributed by atoms with Crippen LogP contribution in [0, 0.1) is 17.2 Å². The van der Waals surface area contributed by atoms with E-state index in [1.165, 1.54) is 7.11 Å². The van der Waals surface area contributed by atoms with Crippen LogP contribution in [-0.4, -0.2) is 25.0 Å². The monoisotopic (exact) mass is 274 g/mol. The Kier molecular flexibility index (Phi) is 5.73. The van der Waals surface area contributed by atoms with Crippen LogP contribution in [0.2, 0.25) is 0 Å². The molecular formula is C15H18N2O3. The van der Waals surface area contributed by atoms with Crippen molar-refractivity contribution in [3.8, 4) is 6.07 Å². The summed E-state index contributed by atoms with van der Waals surface area (Å²) in [6.45, 7) is 3.67. The van der Waals surface area contributed by atoms with Crippen molar-refractivity contribution in [2.24, 2.45) is 5.92 Å². The van der Waals surface area contributed by atoms with Gasteiger partial charge in [-0.05, 0) is 23.6 Å². The predicted molar refractivity (Wildman–Crippen MR) is 73.6 cm³/mol. The number of ether oxygens (including phenoxy) is 1. The number of methoxy groups -OCH3 is 1. The Balaban J connectivity index is 2.65. The van der Waals surface area contributed by atoms with Gasteiger partial charge >= 0.3 is 5.97 Å². The van der Waals surface area contributed by atoms with Gasteiger partial charge in [0, 0.05) is 0 Å². The molecule has 5 heteroatoms. The summed E-state index contributed by atoms with van der Waals surface area (Å²) >= 11 is 0. The highest BCUT2D eigenvalue weighted by Gasteiger charge is 2.24. The number of carbonyl (C=O) groups is 2. The van der Waals surface area contributed by atoms with E-state index in [-0.39, 0.29) is 18.2 Å². The Morgan fingerprint density at radius 3 is 2.35 bits per heavy atom. The molecule has 0 fully saturated rings. The number of rotatable bonds is 5. The molecule has 0 aliphatic rings. The molecule has 0 saturated carbocycles. The highest BCUT2D eigenvalue weighted by molar-refractivity contribution is 5.85. The van der Waals surface area contributed by atoms with Crippen molar-refractivity contribution >= 4 is 11.9 Å². The van der Waals surface area contributed by atoms with Crippen LogP contribution in [0.5, 0.6) is 0 Å². The van der Waals surface area contributed by atoms with Crippen LogP contribution in [0.1, 0.15) is 25.0 Å². The van der Waals surface area contributed by atoms with Crippen molar-refractivity contribution in [1.82, 2.24) is 5.32 Å². The maximum atomic E-state index is 11.9. The van der Waals surface area contributed by atoms with Gasteiger partial charge in [0.2, 0.25) is 5.91 Å². The van der Waals surface area contributed by atoms with Crippen molar-refractivity contribution in [3.05, 3.63) is 35.4 Å². The Labute approximate surface area is 118 Å². The molecule has 0 aromatic heterocycles. The van der Waals surface area contributed by atoms with Crippen molar-refractivity contribution in [2.45, 2.75) is 26.3 Å². The lowest BCUT2D eigenvalue weighted by molar-refractivity contribution is -0.146. The molecule has 1 atom stereocenters. The Hall–Kier alpha value is -2.35. The molecule has 1 N–H and O–H groups in total. The number of hydrogen-bond donors (Lipinski definition) is 1. The molecule has 1 aromatic carbocycles. The van der Waals surface area contributed by atoms with Crippen molar-refractivity contribution < 1.29 is 14.3 Å². The molecular weight excluding hydrogens is 256 g/mol. The van der Waals surface area contributed by atoms with Crippen molar-refractivity contribution in [1.29, 1.82) is 5.26 Å². The number of benzene rings is 1. The third kappa shape index (κ3) is 4.39. The van der Waals surface area contributed by atoms with Crippen LogP contribution in [0.4, 0.5) is 0 Å². The summed E-state index contributed by atoms with van der Waals surface area (Å²) in [5, 5.41) is 11.4. The Bertz CT molecular complexity index is 515. The minimum absolute atomic E-state index is 0.0487. The number of hydrogen-bond acceptors (Lipinski definition) is 4. The van der Waals surface area contributed by atoms with E-state index in [0.717, 1.165) is 5.56 Å². The van der Waals surface area contributed by atoms with Gasteiger partial charge in [-0.1, -0.05) is 26.0 Å². The van der Waals surface area contributed by atoms with Crippen LogP contribution >= 0.6 is 0 Å². The molecule has 106 valence electrons. The van der Waals surface area contributed by atoms with Crippen LogP contribution in [0.15, 0.2) is 24.3 Å². The molecule has 0 aliphatic carbocycles. The fourth-order valence-corrected chi connectivity index (χ4v) is 1.73. The summed E-state index contributed by atoms with van der Waals surface area (Å²) in [5.41, 5.74) is 1.33. The number of nitriles is 1. The molecule has 20 heavy (non-hydrogen) atoms. The molecule has 0 heterocycles. The first-order chi connectivity index (χ1) is 9.47. The summed E-state index contributed by atoms with van der Waals surface area (Å²) in [6.07, 6.45) is 0.159. The SMILES string of the molecule is COC(=O)C(NC(=O)Cc1ccc(C#N)cc1)C(C)C. The Morgan fingerprint density at radius 1 is 1.30 bits per heavy atom. The minimum Gasteiger partial charge on any atom is -0.467 e. The summed E-state index contributed by atoms with van der Waals surface area (Å²) in [7, 11) is 1.30. The zero-order valence-corrected chi connectivity index (χ0v) is 11.8. The molecule has 1 aromatic rings. The van der Waals surface area contributed by atoms with Gasteiger partial charge in [0.25, 0.3) is 0 Å². The van der Waals surface area contributed by atoms with E-state index < -0.39 is 12.0 Å².